The highest BCUT2D eigenvalue weighted by atomic mass is 15.3. The van der Waals surface area contributed by atoms with Crippen LogP contribution in [0.1, 0.15) is 71.6 Å². The molecule has 5 nitrogen and oxygen atoms in total. The third-order valence-electron chi connectivity index (χ3n) is 10.8. The fourth-order valence-corrected chi connectivity index (χ4v) is 8.33. The van der Waals surface area contributed by atoms with E-state index in [-0.39, 0.29) is 11.6 Å². The average molecular weight is 648 g/mol. The number of amidine groups is 2. The number of rotatable bonds is 4. The van der Waals surface area contributed by atoms with Crippen molar-refractivity contribution in [2.45, 2.75) is 38.8 Å². The van der Waals surface area contributed by atoms with Gasteiger partial charge in [0.25, 0.3) is 0 Å². The molecule has 0 saturated carbocycles. The molecule has 6 aromatic rings. The molecule has 2 unspecified atom stereocenters. The van der Waals surface area contributed by atoms with Crippen molar-refractivity contribution in [3.8, 4) is 22.9 Å². The van der Waals surface area contributed by atoms with E-state index < -0.39 is 0 Å². The zero-order chi connectivity index (χ0) is 34.1. The summed E-state index contributed by atoms with van der Waals surface area (Å²) in [5, 5.41) is 11.0. The Morgan fingerprint density at radius 3 is 2.44 bits per heavy atom. The molecule has 0 spiro atoms. The number of allylic oxidation sites excluding steroid dienone is 1. The van der Waals surface area contributed by atoms with Crippen LogP contribution in [-0.2, 0) is 11.8 Å². The van der Waals surface area contributed by atoms with E-state index in [0.717, 1.165) is 34.6 Å². The maximum Gasteiger partial charge on any atom is 0.159 e. The minimum absolute atomic E-state index is 0.0647. The number of nitriles is 1. The first kappa shape index (κ1) is 30.1. The van der Waals surface area contributed by atoms with Gasteiger partial charge in [-0.25, -0.2) is 9.98 Å². The molecule has 3 aliphatic rings. The summed E-state index contributed by atoms with van der Waals surface area (Å²) in [5.41, 5.74) is 13.9. The first-order valence-electron chi connectivity index (χ1n) is 17.4. The van der Waals surface area contributed by atoms with Crippen LogP contribution < -0.4 is 0 Å². The highest BCUT2D eigenvalue weighted by Gasteiger charge is 2.38. The third kappa shape index (κ3) is 4.52. The summed E-state index contributed by atoms with van der Waals surface area (Å²) in [4.78, 5) is 12.6. The van der Waals surface area contributed by atoms with E-state index >= 15 is 0 Å². The van der Waals surface area contributed by atoms with Crippen LogP contribution in [0.3, 0.4) is 0 Å². The van der Waals surface area contributed by atoms with Gasteiger partial charge in [0.1, 0.15) is 12.0 Å². The second-order valence-electron chi connectivity index (χ2n) is 14.3. The van der Waals surface area contributed by atoms with Gasteiger partial charge < -0.3 is 9.47 Å². The molecular formula is C45H37N5. The van der Waals surface area contributed by atoms with E-state index in [1.54, 1.807) is 0 Å². The number of benzene rings is 5. The Labute approximate surface area is 293 Å². The largest absolute Gasteiger partial charge is 0.333 e. The molecule has 50 heavy (non-hydrogen) atoms. The summed E-state index contributed by atoms with van der Waals surface area (Å²) >= 11 is 0. The minimum atomic E-state index is -0.273. The topological polar surface area (TPSA) is 56.7 Å². The lowest BCUT2D eigenvalue weighted by atomic mass is 9.82. The Hall–Kier alpha value is -5.99. The summed E-state index contributed by atoms with van der Waals surface area (Å²) in [6.45, 7) is 7.00. The normalized spacial score (nSPS) is 18.6. The van der Waals surface area contributed by atoms with Crippen LogP contribution >= 0.6 is 0 Å². The number of nitrogens with zero attached hydrogens (tertiary/aromatic N) is 5. The van der Waals surface area contributed by atoms with Crippen molar-refractivity contribution < 1.29 is 0 Å². The Balaban J connectivity index is 1.25. The highest BCUT2D eigenvalue weighted by Crippen LogP contribution is 2.53. The van der Waals surface area contributed by atoms with Crippen molar-refractivity contribution in [3.63, 3.8) is 0 Å². The van der Waals surface area contributed by atoms with Gasteiger partial charge in [-0.2, -0.15) is 5.26 Å². The Kier molecular flexibility index (Phi) is 6.79. The summed E-state index contributed by atoms with van der Waals surface area (Å²) < 4.78 is 2.48. The van der Waals surface area contributed by atoms with Crippen LogP contribution in [0.5, 0.6) is 0 Å². The van der Waals surface area contributed by atoms with Crippen LogP contribution in [0.15, 0.2) is 131 Å². The van der Waals surface area contributed by atoms with Crippen molar-refractivity contribution in [2.24, 2.45) is 15.9 Å². The fourth-order valence-electron chi connectivity index (χ4n) is 8.33. The van der Waals surface area contributed by atoms with Gasteiger partial charge in [-0.05, 0) is 70.5 Å². The van der Waals surface area contributed by atoms with Crippen molar-refractivity contribution >= 4 is 28.7 Å². The molecule has 0 saturated heterocycles. The monoisotopic (exact) mass is 647 g/mol. The summed E-state index contributed by atoms with van der Waals surface area (Å²) in [6, 6.07) is 42.6. The summed E-state index contributed by atoms with van der Waals surface area (Å²) in [6.07, 6.45) is 5.41. The molecule has 1 aliphatic heterocycles. The molecule has 0 radical (unpaired) electrons. The molecule has 9 rings (SSSR count). The molecule has 0 amide bonds. The third-order valence-corrected chi connectivity index (χ3v) is 10.8. The number of hydrogen-bond donors (Lipinski definition) is 0. The molecule has 0 fully saturated rings. The molecule has 2 atom stereocenters. The van der Waals surface area contributed by atoms with E-state index in [1.807, 2.05) is 49.5 Å². The van der Waals surface area contributed by atoms with Gasteiger partial charge in [-0.1, -0.05) is 118 Å². The van der Waals surface area contributed by atoms with Gasteiger partial charge in [0.15, 0.2) is 5.84 Å². The van der Waals surface area contributed by atoms with Crippen LogP contribution in [0, 0.1) is 17.2 Å². The molecule has 5 heteroatoms. The smallest absolute Gasteiger partial charge is 0.159 e. The maximum atomic E-state index is 9.67. The molecule has 0 bridgehead atoms. The van der Waals surface area contributed by atoms with Crippen molar-refractivity contribution in [3.05, 3.63) is 166 Å². The molecule has 5 aromatic carbocycles. The number of fused-ring (bicyclic) bond motifs is 7. The van der Waals surface area contributed by atoms with Gasteiger partial charge >= 0.3 is 0 Å². The summed E-state index contributed by atoms with van der Waals surface area (Å²) in [5.74, 6) is 1.89. The van der Waals surface area contributed by atoms with Crippen LogP contribution in [0.2, 0.25) is 0 Å². The van der Waals surface area contributed by atoms with Gasteiger partial charge in [-0.3, -0.25) is 0 Å². The fraction of sp³-hybridized carbons (Fsp3) is 0.178. The Morgan fingerprint density at radius 1 is 0.820 bits per heavy atom. The first-order valence-corrected chi connectivity index (χ1v) is 17.4. The predicted molar refractivity (Wildman–Crippen MR) is 204 cm³/mol. The molecule has 0 N–H and O–H groups in total. The highest BCUT2D eigenvalue weighted by molar-refractivity contribution is 6.13. The molecule has 1 aromatic heterocycles. The standard InChI is InChI=1S/C45H37N5/c1-28-20-21-35-39(24-28)50(38-23-22-37-40(41(35)38)34-18-8-9-19-36(34)45(37,2)3)33-17-11-15-31(26-33)42-47-43(30-13-6-5-7-14-30)49(4)44(48-42)32-16-10-12-29(25-32)27-46/h5-23,25-26,28,43H,24H2,1-4H3. The van der Waals surface area contributed by atoms with Crippen LogP contribution in [0.25, 0.3) is 33.8 Å². The molecule has 2 aliphatic carbocycles. The van der Waals surface area contributed by atoms with Crippen LogP contribution in [0.4, 0.5) is 0 Å². The lowest BCUT2D eigenvalue weighted by Gasteiger charge is -2.32. The molecular weight excluding hydrogens is 611 g/mol. The predicted octanol–water partition coefficient (Wildman–Crippen LogP) is 9.85. The second-order valence-corrected chi connectivity index (χ2v) is 14.3. The first-order chi connectivity index (χ1) is 24.3. The van der Waals surface area contributed by atoms with E-state index in [4.69, 9.17) is 9.98 Å². The number of hydrogen-bond acceptors (Lipinski definition) is 4. The van der Waals surface area contributed by atoms with Gasteiger partial charge in [0, 0.05) is 45.9 Å². The van der Waals surface area contributed by atoms with Gasteiger partial charge in [0.05, 0.1) is 17.1 Å². The molecule has 2 heterocycles. The SMILES string of the molecule is CC1C=Cc2c(n(-c3cccc(C4=NC(c5ccccc5)N(C)C(c5cccc(C#N)c5)=N4)c3)c3ccc4c(c23)-c2ccccc2C4(C)C)C1. The van der Waals surface area contributed by atoms with E-state index in [9.17, 15) is 5.26 Å². The Bertz CT molecular complexity index is 2490. The quantitative estimate of drug-likeness (QED) is 0.191. The van der Waals surface area contributed by atoms with Crippen molar-refractivity contribution in [1.82, 2.24) is 9.47 Å². The van der Waals surface area contributed by atoms with E-state index in [0.29, 0.717) is 17.3 Å². The number of aromatic nitrogens is 1. The van der Waals surface area contributed by atoms with E-state index in [2.05, 4.69) is 121 Å². The van der Waals surface area contributed by atoms with Gasteiger partial charge in [-0.15, -0.1) is 0 Å². The zero-order valence-electron chi connectivity index (χ0n) is 28.7. The Morgan fingerprint density at radius 2 is 1.60 bits per heavy atom. The van der Waals surface area contributed by atoms with Crippen LogP contribution in [-0.4, -0.2) is 28.2 Å². The van der Waals surface area contributed by atoms with Crippen molar-refractivity contribution in [2.75, 3.05) is 7.05 Å². The van der Waals surface area contributed by atoms with Crippen molar-refractivity contribution in [1.29, 1.82) is 5.26 Å². The molecule has 242 valence electrons. The summed E-state index contributed by atoms with van der Waals surface area (Å²) in [7, 11) is 2.02. The number of aliphatic imine (C=N–C) groups is 2. The second kappa shape index (κ2) is 11.3. The zero-order valence-corrected chi connectivity index (χ0v) is 28.7. The average Bonchev–Trinajstić information content (AvgIpc) is 3.60. The minimum Gasteiger partial charge on any atom is -0.333 e. The maximum absolute atomic E-state index is 9.67. The van der Waals surface area contributed by atoms with Gasteiger partial charge in [0.2, 0.25) is 0 Å². The lowest BCUT2D eigenvalue weighted by Crippen LogP contribution is -2.35. The lowest BCUT2D eigenvalue weighted by molar-refractivity contribution is 0.383. The van der Waals surface area contributed by atoms with E-state index in [1.165, 1.54) is 44.4 Å².